The molecule has 0 aliphatic carbocycles. The van der Waals surface area contributed by atoms with Crippen LogP contribution in [0.2, 0.25) is 0 Å². The van der Waals surface area contributed by atoms with E-state index in [1.165, 1.54) is 5.56 Å². The second kappa shape index (κ2) is 5.78. The molecule has 3 rings (SSSR count). The molecule has 0 saturated heterocycles. The Bertz CT molecular complexity index is 696. The lowest BCUT2D eigenvalue weighted by molar-refractivity contribution is 0.756. The molecule has 0 saturated carbocycles. The molecule has 0 spiro atoms. The molecular formula is C15H18N6. The van der Waals surface area contributed by atoms with Crippen molar-refractivity contribution in [2.75, 3.05) is 5.32 Å². The summed E-state index contributed by atoms with van der Waals surface area (Å²) in [5, 5.41) is 7.64. The maximum atomic E-state index is 4.44. The molecule has 0 aromatic carbocycles. The summed E-state index contributed by atoms with van der Waals surface area (Å²) in [4.78, 5) is 8.47. The van der Waals surface area contributed by atoms with Gasteiger partial charge in [-0.2, -0.15) is 5.10 Å². The van der Waals surface area contributed by atoms with Gasteiger partial charge in [0.2, 0.25) is 0 Å². The number of nitrogens with zero attached hydrogens (tertiary/aromatic N) is 5. The second-order valence-corrected chi connectivity index (χ2v) is 5.05. The van der Waals surface area contributed by atoms with E-state index in [0.29, 0.717) is 0 Å². The van der Waals surface area contributed by atoms with Crippen molar-refractivity contribution in [1.29, 1.82) is 0 Å². The Hall–Kier alpha value is -2.63. The molecular weight excluding hydrogens is 264 g/mol. The highest BCUT2D eigenvalue weighted by Crippen LogP contribution is 2.10. The minimum atomic E-state index is 0.730. The van der Waals surface area contributed by atoms with Gasteiger partial charge in [-0.3, -0.25) is 4.68 Å². The fraction of sp³-hybridized carbons (Fsp3) is 0.267. The van der Waals surface area contributed by atoms with Crippen LogP contribution < -0.4 is 5.32 Å². The molecule has 6 nitrogen and oxygen atoms in total. The Morgan fingerprint density at radius 3 is 2.81 bits per heavy atom. The van der Waals surface area contributed by atoms with Crippen LogP contribution in [0.3, 0.4) is 0 Å². The first-order valence-electron chi connectivity index (χ1n) is 6.84. The van der Waals surface area contributed by atoms with Crippen LogP contribution in [0.4, 0.5) is 5.82 Å². The molecule has 1 N–H and O–H groups in total. The number of rotatable bonds is 5. The Morgan fingerprint density at radius 1 is 1.29 bits per heavy atom. The van der Waals surface area contributed by atoms with Gasteiger partial charge in [0.05, 0.1) is 12.0 Å². The summed E-state index contributed by atoms with van der Waals surface area (Å²) in [6, 6.07) is 4.07. The van der Waals surface area contributed by atoms with Crippen LogP contribution in [0.15, 0.2) is 43.2 Å². The Morgan fingerprint density at radius 2 is 2.19 bits per heavy atom. The normalized spacial score (nSPS) is 10.8. The molecule has 3 aromatic rings. The third-order valence-electron chi connectivity index (χ3n) is 3.32. The molecule has 0 bridgehead atoms. The summed E-state index contributed by atoms with van der Waals surface area (Å²) in [5.74, 6) is 0.868. The van der Waals surface area contributed by atoms with E-state index in [9.17, 15) is 0 Å². The van der Waals surface area contributed by atoms with Crippen molar-refractivity contribution in [3.8, 4) is 0 Å². The Balaban J connectivity index is 1.60. The topological polar surface area (TPSA) is 60.6 Å². The third-order valence-corrected chi connectivity index (χ3v) is 3.32. The van der Waals surface area contributed by atoms with Gasteiger partial charge < -0.3 is 9.88 Å². The summed E-state index contributed by atoms with van der Waals surface area (Å²) in [6.07, 6.45) is 9.43. The van der Waals surface area contributed by atoms with Crippen LogP contribution in [-0.2, 0) is 20.1 Å². The molecule has 21 heavy (non-hydrogen) atoms. The smallest absolute Gasteiger partial charge is 0.126 e. The molecule has 6 heteroatoms. The van der Waals surface area contributed by atoms with Crippen molar-refractivity contribution in [2.24, 2.45) is 7.05 Å². The molecule has 0 atom stereocenters. The molecule has 0 fully saturated rings. The quantitative estimate of drug-likeness (QED) is 0.777. The van der Waals surface area contributed by atoms with E-state index in [1.54, 1.807) is 12.5 Å². The van der Waals surface area contributed by atoms with E-state index in [2.05, 4.69) is 26.4 Å². The third kappa shape index (κ3) is 3.28. The lowest BCUT2D eigenvalue weighted by Crippen LogP contribution is -2.03. The zero-order chi connectivity index (χ0) is 14.7. The largest absolute Gasteiger partial charge is 0.366 e. The van der Waals surface area contributed by atoms with Gasteiger partial charge in [0.25, 0.3) is 0 Å². The van der Waals surface area contributed by atoms with Crippen molar-refractivity contribution in [3.05, 3.63) is 60.1 Å². The summed E-state index contributed by atoms with van der Waals surface area (Å²) < 4.78 is 3.84. The highest BCUT2D eigenvalue weighted by Gasteiger charge is 2.03. The SMILES string of the molecule is Cc1nn(C)cc1CNc1ccc(Cn2ccnc2)cn1. The molecule has 108 valence electrons. The lowest BCUT2D eigenvalue weighted by atomic mass is 10.2. The predicted molar refractivity (Wildman–Crippen MR) is 80.8 cm³/mol. The first-order valence-corrected chi connectivity index (χ1v) is 6.84. The Kier molecular flexibility index (Phi) is 3.68. The fourth-order valence-corrected chi connectivity index (χ4v) is 2.22. The molecule has 0 aliphatic rings. The summed E-state index contributed by atoms with van der Waals surface area (Å²) in [5.41, 5.74) is 3.37. The monoisotopic (exact) mass is 282 g/mol. The van der Waals surface area contributed by atoms with Gasteiger partial charge in [-0.15, -0.1) is 0 Å². The number of imidazole rings is 1. The van der Waals surface area contributed by atoms with Gasteiger partial charge in [0.1, 0.15) is 5.82 Å². The minimum Gasteiger partial charge on any atom is -0.366 e. The van der Waals surface area contributed by atoms with Crippen molar-refractivity contribution in [1.82, 2.24) is 24.3 Å². The maximum Gasteiger partial charge on any atom is 0.126 e. The number of nitrogens with one attached hydrogen (secondary N) is 1. The first kappa shape index (κ1) is 13.4. The second-order valence-electron chi connectivity index (χ2n) is 5.05. The standard InChI is InChI=1S/C15H18N6/c1-12-14(10-20(2)19-12)8-18-15-4-3-13(7-17-15)9-21-6-5-16-11-21/h3-7,10-11H,8-9H2,1-2H3,(H,17,18). The molecule has 0 amide bonds. The minimum absolute atomic E-state index is 0.730. The van der Waals surface area contributed by atoms with Gasteiger partial charge in [-0.1, -0.05) is 6.07 Å². The number of aromatic nitrogens is 5. The number of pyridine rings is 1. The average Bonchev–Trinajstić information content (AvgIpc) is 3.08. The summed E-state index contributed by atoms with van der Waals surface area (Å²) in [7, 11) is 1.93. The predicted octanol–water partition coefficient (Wildman–Crippen LogP) is 1.98. The number of anilines is 1. The van der Waals surface area contributed by atoms with E-state index in [1.807, 2.05) is 47.9 Å². The first-order chi connectivity index (χ1) is 10.2. The van der Waals surface area contributed by atoms with Crippen LogP contribution in [0.1, 0.15) is 16.8 Å². The number of aryl methyl sites for hydroxylation is 2. The highest BCUT2D eigenvalue weighted by atomic mass is 15.3. The van der Waals surface area contributed by atoms with E-state index >= 15 is 0 Å². The summed E-state index contributed by atoms with van der Waals surface area (Å²) in [6.45, 7) is 3.53. The molecule has 3 aromatic heterocycles. The van der Waals surface area contributed by atoms with E-state index in [0.717, 1.165) is 30.2 Å². The van der Waals surface area contributed by atoms with Crippen LogP contribution in [0.25, 0.3) is 0 Å². The van der Waals surface area contributed by atoms with Crippen LogP contribution in [0, 0.1) is 6.92 Å². The van der Waals surface area contributed by atoms with E-state index < -0.39 is 0 Å². The zero-order valence-corrected chi connectivity index (χ0v) is 12.2. The van der Waals surface area contributed by atoms with Crippen molar-refractivity contribution in [2.45, 2.75) is 20.0 Å². The number of hydrogen-bond acceptors (Lipinski definition) is 4. The lowest BCUT2D eigenvalue weighted by Gasteiger charge is -2.06. The van der Waals surface area contributed by atoms with Crippen molar-refractivity contribution >= 4 is 5.82 Å². The van der Waals surface area contributed by atoms with Gasteiger partial charge >= 0.3 is 0 Å². The van der Waals surface area contributed by atoms with Gasteiger partial charge in [0.15, 0.2) is 0 Å². The summed E-state index contributed by atoms with van der Waals surface area (Å²) >= 11 is 0. The van der Waals surface area contributed by atoms with Crippen molar-refractivity contribution in [3.63, 3.8) is 0 Å². The van der Waals surface area contributed by atoms with Gasteiger partial charge in [0, 0.05) is 50.5 Å². The maximum absolute atomic E-state index is 4.44. The fourth-order valence-electron chi connectivity index (χ4n) is 2.22. The average molecular weight is 282 g/mol. The molecule has 0 unspecified atom stereocenters. The van der Waals surface area contributed by atoms with Crippen LogP contribution in [0.5, 0.6) is 0 Å². The van der Waals surface area contributed by atoms with E-state index in [-0.39, 0.29) is 0 Å². The zero-order valence-electron chi connectivity index (χ0n) is 12.2. The number of hydrogen-bond donors (Lipinski definition) is 1. The van der Waals surface area contributed by atoms with Crippen molar-refractivity contribution < 1.29 is 0 Å². The molecule has 0 radical (unpaired) electrons. The van der Waals surface area contributed by atoms with Gasteiger partial charge in [-0.25, -0.2) is 9.97 Å². The highest BCUT2D eigenvalue weighted by molar-refractivity contribution is 5.37. The Labute approximate surface area is 123 Å². The van der Waals surface area contributed by atoms with E-state index in [4.69, 9.17) is 0 Å². The van der Waals surface area contributed by atoms with Crippen LogP contribution in [-0.4, -0.2) is 24.3 Å². The van der Waals surface area contributed by atoms with Crippen LogP contribution >= 0.6 is 0 Å². The molecule has 0 aliphatic heterocycles. The van der Waals surface area contributed by atoms with Gasteiger partial charge in [-0.05, 0) is 18.6 Å². The molecule has 3 heterocycles.